The van der Waals surface area contributed by atoms with E-state index in [1.54, 1.807) is 0 Å². The van der Waals surface area contributed by atoms with Crippen LogP contribution < -0.4 is 5.32 Å². The summed E-state index contributed by atoms with van der Waals surface area (Å²) in [6, 6.07) is 0.0179. The van der Waals surface area contributed by atoms with Crippen molar-refractivity contribution >= 4 is 5.91 Å². The van der Waals surface area contributed by atoms with Gasteiger partial charge in [0.25, 0.3) is 0 Å². The van der Waals surface area contributed by atoms with Crippen LogP contribution in [0.5, 0.6) is 0 Å². The molecule has 2 atom stereocenters. The van der Waals surface area contributed by atoms with Gasteiger partial charge >= 0.3 is 0 Å². The van der Waals surface area contributed by atoms with Gasteiger partial charge in [-0.05, 0) is 32.1 Å². The minimum atomic E-state index is 0.00431. The van der Waals surface area contributed by atoms with Crippen LogP contribution in [-0.4, -0.2) is 28.8 Å². The fraction of sp³-hybridized carbons (Fsp3) is 0.733. The summed E-state index contributed by atoms with van der Waals surface area (Å²) in [5.41, 5.74) is 1.86. The molecule has 0 bridgehead atoms. The molecule has 1 heterocycles. The Morgan fingerprint density at radius 3 is 2.45 bits per heavy atom. The predicted molar refractivity (Wildman–Crippen MR) is 77.5 cm³/mol. The fourth-order valence-electron chi connectivity index (χ4n) is 2.55. The monoisotopic (exact) mass is 282 g/mol. The van der Waals surface area contributed by atoms with Crippen molar-refractivity contribution in [3.63, 3.8) is 0 Å². The predicted octanol–water partition coefficient (Wildman–Crippen LogP) is 2.31. The molecule has 0 aromatic carbocycles. The smallest absolute Gasteiger partial charge is 0.220 e. The molecule has 20 heavy (non-hydrogen) atoms. The zero-order valence-electron chi connectivity index (χ0n) is 13.1. The molecule has 1 amide bonds. The van der Waals surface area contributed by atoms with Crippen LogP contribution in [0.25, 0.3) is 0 Å². The molecule has 5 nitrogen and oxygen atoms in total. The average Bonchev–Trinajstić information content (AvgIpc) is 2.68. The van der Waals surface area contributed by atoms with Gasteiger partial charge < -0.3 is 14.9 Å². The summed E-state index contributed by atoms with van der Waals surface area (Å²) in [6.45, 7) is 9.93. The summed E-state index contributed by atoms with van der Waals surface area (Å²) >= 11 is 0. The molecule has 114 valence electrons. The molecule has 1 aromatic heterocycles. The molecule has 2 unspecified atom stereocenters. The fourth-order valence-corrected chi connectivity index (χ4v) is 2.55. The number of nitrogens with one attached hydrogen (secondary N) is 1. The number of aliphatic hydroxyl groups is 1. The maximum Gasteiger partial charge on any atom is 0.220 e. The molecule has 0 saturated heterocycles. The lowest BCUT2D eigenvalue weighted by Gasteiger charge is -2.22. The van der Waals surface area contributed by atoms with Crippen molar-refractivity contribution in [1.82, 2.24) is 10.5 Å². The summed E-state index contributed by atoms with van der Waals surface area (Å²) in [6.07, 6.45) is 0.987. The minimum absolute atomic E-state index is 0.00431. The maximum absolute atomic E-state index is 12.1. The van der Waals surface area contributed by atoms with Crippen molar-refractivity contribution in [3.05, 3.63) is 17.0 Å². The maximum atomic E-state index is 12.1. The van der Waals surface area contributed by atoms with Gasteiger partial charge in [0.05, 0.1) is 5.69 Å². The topological polar surface area (TPSA) is 75.4 Å². The van der Waals surface area contributed by atoms with Gasteiger partial charge in [-0.1, -0.05) is 25.9 Å². The largest absolute Gasteiger partial charge is 0.396 e. The van der Waals surface area contributed by atoms with Gasteiger partial charge in [0.2, 0.25) is 5.91 Å². The highest BCUT2D eigenvalue weighted by molar-refractivity contribution is 5.77. The number of aliphatic hydroxyl groups excluding tert-OH is 1. The summed E-state index contributed by atoms with van der Waals surface area (Å²) in [5, 5.41) is 16.0. The van der Waals surface area contributed by atoms with E-state index in [4.69, 9.17) is 9.63 Å². The lowest BCUT2D eigenvalue weighted by atomic mass is 9.95. The highest BCUT2D eigenvalue weighted by Crippen LogP contribution is 2.25. The standard InChI is InChI=1S/C15H26N2O3/c1-9(2)13(6-7-18)16-14(19)8-10(3)15-11(4)17-20-12(15)5/h9-10,13,18H,6-8H2,1-5H3,(H,16,19). The van der Waals surface area contributed by atoms with E-state index in [-0.39, 0.29) is 24.5 Å². The highest BCUT2D eigenvalue weighted by atomic mass is 16.5. The van der Waals surface area contributed by atoms with Gasteiger partial charge in [-0.3, -0.25) is 4.79 Å². The molecule has 0 saturated carbocycles. The number of nitrogens with zero attached hydrogens (tertiary/aromatic N) is 1. The number of aromatic nitrogens is 1. The van der Waals surface area contributed by atoms with Gasteiger partial charge in [0, 0.05) is 24.6 Å². The third-order valence-corrected chi connectivity index (χ3v) is 3.66. The second-order valence-corrected chi connectivity index (χ2v) is 5.77. The zero-order valence-corrected chi connectivity index (χ0v) is 13.1. The van der Waals surface area contributed by atoms with E-state index in [1.807, 2.05) is 34.6 Å². The number of carbonyl (C=O) groups excluding carboxylic acids is 1. The van der Waals surface area contributed by atoms with Crippen LogP contribution in [0, 0.1) is 19.8 Å². The molecule has 0 aliphatic heterocycles. The highest BCUT2D eigenvalue weighted by Gasteiger charge is 2.21. The quantitative estimate of drug-likeness (QED) is 0.804. The molecule has 0 aliphatic rings. The summed E-state index contributed by atoms with van der Waals surface area (Å²) < 4.78 is 5.14. The van der Waals surface area contributed by atoms with Crippen molar-refractivity contribution in [3.8, 4) is 0 Å². The van der Waals surface area contributed by atoms with Crippen LogP contribution in [-0.2, 0) is 4.79 Å². The van der Waals surface area contributed by atoms with E-state index >= 15 is 0 Å². The second-order valence-electron chi connectivity index (χ2n) is 5.77. The third-order valence-electron chi connectivity index (χ3n) is 3.66. The number of rotatable bonds is 7. The molecule has 0 spiro atoms. The Morgan fingerprint density at radius 2 is 2.00 bits per heavy atom. The van der Waals surface area contributed by atoms with Crippen LogP contribution in [0.3, 0.4) is 0 Å². The van der Waals surface area contributed by atoms with Crippen LogP contribution in [0.1, 0.15) is 56.5 Å². The average molecular weight is 282 g/mol. The number of hydrogen-bond donors (Lipinski definition) is 2. The normalized spacial score (nSPS) is 14.3. The Bertz CT molecular complexity index is 421. The van der Waals surface area contributed by atoms with Gasteiger partial charge in [0.15, 0.2) is 0 Å². The molecule has 2 N–H and O–H groups in total. The van der Waals surface area contributed by atoms with Crippen LogP contribution in [0.2, 0.25) is 0 Å². The van der Waals surface area contributed by atoms with E-state index < -0.39 is 0 Å². The second kappa shape index (κ2) is 7.43. The molecule has 1 rings (SSSR count). The Labute approximate surface area is 120 Å². The summed E-state index contributed by atoms with van der Waals surface area (Å²) in [5.74, 6) is 1.16. The molecule has 0 radical (unpaired) electrons. The van der Waals surface area contributed by atoms with E-state index in [9.17, 15) is 4.79 Å². The molecular formula is C15H26N2O3. The number of hydrogen-bond acceptors (Lipinski definition) is 4. The number of aryl methyl sites for hydroxylation is 2. The van der Waals surface area contributed by atoms with Crippen molar-refractivity contribution < 1.29 is 14.4 Å². The van der Waals surface area contributed by atoms with E-state index in [2.05, 4.69) is 10.5 Å². The van der Waals surface area contributed by atoms with Crippen LogP contribution >= 0.6 is 0 Å². The van der Waals surface area contributed by atoms with E-state index in [1.165, 1.54) is 0 Å². The molecule has 0 aliphatic carbocycles. The Kier molecular flexibility index (Phi) is 6.20. The first kappa shape index (κ1) is 16.7. The van der Waals surface area contributed by atoms with Crippen molar-refractivity contribution in [1.29, 1.82) is 0 Å². The van der Waals surface area contributed by atoms with Crippen molar-refractivity contribution in [2.45, 2.75) is 59.4 Å². The van der Waals surface area contributed by atoms with E-state index in [0.29, 0.717) is 18.8 Å². The van der Waals surface area contributed by atoms with Crippen LogP contribution in [0.15, 0.2) is 4.52 Å². The van der Waals surface area contributed by atoms with Crippen molar-refractivity contribution in [2.75, 3.05) is 6.61 Å². The first-order chi connectivity index (χ1) is 9.36. The molecule has 5 heteroatoms. The van der Waals surface area contributed by atoms with Crippen molar-refractivity contribution in [2.24, 2.45) is 5.92 Å². The van der Waals surface area contributed by atoms with Gasteiger partial charge in [-0.2, -0.15) is 0 Å². The summed E-state index contributed by atoms with van der Waals surface area (Å²) in [4.78, 5) is 12.1. The van der Waals surface area contributed by atoms with E-state index in [0.717, 1.165) is 17.0 Å². The number of amides is 1. The Hall–Kier alpha value is -1.36. The Balaban J connectivity index is 2.62. The molecular weight excluding hydrogens is 256 g/mol. The zero-order chi connectivity index (χ0) is 15.3. The first-order valence-electron chi connectivity index (χ1n) is 7.19. The minimum Gasteiger partial charge on any atom is -0.396 e. The third kappa shape index (κ3) is 4.34. The lowest BCUT2D eigenvalue weighted by molar-refractivity contribution is -0.122. The molecule has 1 aromatic rings. The summed E-state index contributed by atoms with van der Waals surface area (Å²) in [7, 11) is 0. The number of carbonyl (C=O) groups is 1. The Morgan fingerprint density at radius 1 is 1.35 bits per heavy atom. The lowest BCUT2D eigenvalue weighted by Crippen LogP contribution is -2.39. The van der Waals surface area contributed by atoms with Gasteiger partial charge in [-0.25, -0.2) is 0 Å². The van der Waals surface area contributed by atoms with Gasteiger partial charge in [0.1, 0.15) is 5.76 Å². The van der Waals surface area contributed by atoms with Gasteiger partial charge in [-0.15, -0.1) is 0 Å². The SMILES string of the molecule is Cc1noc(C)c1C(C)CC(=O)NC(CCO)C(C)C. The molecule has 0 fully saturated rings. The first-order valence-corrected chi connectivity index (χ1v) is 7.19. The van der Waals surface area contributed by atoms with Crippen LogP contribution in [0.4, 0.5) is 0 Å².